The monoisotopic (exact) mass is 299 g/mol. The van der Waals surface area contributed by atoms with Gasteiger partial charge in [-0.05, 0) is 25.0 Å². The van der Waals surface area contributed by atoms with Gasteiger partial charge in [0.15, 0.2) is 0 Å². The number of hydrogen-bond acceptors (Lipinski definition) is 4. The normalized spacial score (nSPS) is 22.9. The van der Waals surface area contributed by atoms with Crippen molar-refractivity contribution in [3.63, 3.8) is 0 Å². The Morgan fingerprint density at radius 3 is 2.89 bits per heavy atom. The Balaban J connectivity index is 1.50. The van der Waals surface area contributed by atoms with Gasteiger partial charge in [0.05, 0.1) is 10.9 Å². The lowest BCUT2D eigenvalue weighted by Crippen LogP contribution is -2.27. The Hall–Kier alpha value is -1.07. The van der Waals surface area contributed by atoms with Gasteiger partial charge in [-0.3, -0.25) is 4.79 Å². The SMILES string of the molecule is O=C(OC[C@@H]1CC(=O)N(C2CC2)C1)c1ccc(Cl)s1. The largest absolute Gasteiger partial charge is 0.461 e. The third kappa shape index (κ3) is 2.92. The van der Waals surface area contributed by atoms with Gasteiger partial charge >= 0.3 is 5.97 Å². The lowest BCUT2D eigenvalue weighted by molar-refractivity contribution is -0.128. The molecule has 0 bridgehead atoms. The first-order valence-corrected chi connectivity index (χ1v) is 7.55. The van der Waals surface area contributed by atoms with E-state index in [0.29, 0.717) is 28.3 Å². The molecular formula is C13H14ClNO3S. The predicted molar refractivity (Wildman–Crippen MR) is 72.5 cm³/mol. The fraction of sp³-hybridized carbons (Fsp3) is 0.538. The van der Waals surface area contributed by atoms with Crippen LogP contribution in [0.1, 0.15) is 28.9 Å². The number of likely N-dealkylation sites (tertiary alicyclic amines) is 1. The maximum atomic E-state index is 11.8. The molecule has 0 N–H and O–H groups in total. The van der Waals surface area contributed by atoms with Crippen molar-refractivity contribution in [2.45, 2.75) is 25.3 Å². The van der Waals surface area contributed by atoms with Crippen LogP contribution in [0, 0.1) is 5.92 Å². The molecule has 0 radical (unpaired) electrons. The minimum atomic E-state index is -0.353. The zero-order valence-corrected chi connectivity index (χ0v) is 11.9. The van der Waals surface area contributed by atoms with Crippen LogP contribution in [0.4, 0.5) is 0 Å². The first kappa shape index (κ1) is 12.9. The number of rotatable bonds is 4. The predicted octanol–water partition coefficient (Wildman–Crippen LogP) is 2.57. The Morgan fingerprint density at radius 2 is 2.26 bits per heavy atom. The summed E-state index contributed by atoms with van der Waals surface area (Å²) in [5.74, 6) is -0.0237. The second kappa shape index (κ2) is 5.13. The van der Waals surface area contributed by atoms with E-state index >= 15 is 0 Å². The first-order valence-electron chi connectivity index (χ1n) is 6.35. The van der Waals surface area contributed by atoms with Crippen LogP contribution in [0.25, 0.3) is 0 Å². The lowest BCUT2D eigenvalue weighted by atomic mass is 10.1. The van der Waals surface area contributed by atoms with Crippen LogP contribution in [0.15, 0.2) is 12.1 Å². The minimum Gasteiger partial charge on any atom is -0.461 e. The van der Waals surface area contributed by atoms with Crippen molar-refractivity contribution in [1.82, 2.24) is 4.90 Å². The highest BCUT2D eigenvalue weighted by Gasteiger charge is 2.39. The first-order chi connectivity index (χ1) is 9.13. The zero-order chi connectivity index (χ0) is 13.4. The van der Waals surface area contributed by atoms with Crippen LogP contribution in [-0.2, 0) is 9.53 Å². The molecule has 2 heterocycles. The average molecular weight is 300 g/mol. The van der Waals surface area contributed by atoms with E-state index in [0.717, 1.165) is 19.4 Å². The maximum Gasteiger partial charge on any atom is 0.348 e. The lowest BCUT2D eigenvalue weighted by Gasteiger charge is -2.15. The molecule has 1 aliphatic carbocycles. The van der Waals surface area contributed by atoms with Crippen molar-refractivity contribution in [3.05, 3.63) is 21.3 Å². The molecule has 0 spiro atoms. The van der Waals surface area contributed by atoms with Crippen molar-refractivity contribution < 1.29 is 14.3 Å². The number of esters is 1. The standard InChI is InChI=1S/C13H14ClNO3S/c14-11-4-3-10(19-11)13(17)18-7-8-5-12(16)15(6-8)9-1-2-9/h3-4,8-9H,1-2,5-7H2/t8-/m1/s1. The van der Waals surface area contributed by atoms with Crippen LogP contribution in [0.2, 0.25) is 4.34 Å². The van der Waals surface area contributed by atoms with Gasteiger partial charge in [0.2, 0.25) is 5.91 Å². The minimum absolute atomic E-state index is 0.132. The Kier molecular flexibility index (Phi) is 3.50. The van der Waals surface area contributed by atoms with Crippen molar-refractivity contribution in [2.75, 3.05) is 13.2 Å². The van der Waals surface area contributed by atoms with Crippen molar-refractivity contribution >= 4 is 34.8 Å². The highest BCUT2D eigenvalue weighted by Crippen LogP contribution is 2.32. The molecule has 2 aliphatic rings. The summed E-state index contributed by atoms with van der Waals surface area (Å²) in [4.78, 5) is 25.9. The van der Waals surface area contributed by atoms with Crippen LogP contribution in [-0.4, -0.2) is 36.0 Å². The maximum absolute atomic E-state index is 11.8. The van der Waals surface area contributed by atoms with E-state index in [9.17, 15) is 9.59 Å². The van der Waals surface area contributed by atoms with E-state index in [-0.39, 0.29) is 17.8 Å². The topological polar surface area (TPSA) is 46.6 Å². The summed E-state index contributed by atoms with van der Waals surface area (Å²) in [7, 11) is 0. The zero-order valence-electron chi connectivity index (χ0n) is 10.3. The smallest absolute Gasteiger partial charge is 0.348 e. The number of thiophene rings is 1. The van der Waals surface area contributed by atoms with Gasteiger partial charge in [-0.25, -0.2) is 4.79 Å². The van der Waals surface area contributed by atoms with Gasteiger partial charge in [0.1, 0.15) is 4.88 Å². The summed E-state index contributed by atoms with van der Waals surface area (Å²) in [6.45, 7) is 1.03. The summed E-state index contributed by atoms with van der Waals surface area (Å²) in [6.07, 6.45) is 2.73. The Labute approximate surface area is 120 Å². The summed E-state index contributed by atoms with van der Waals surface area (Å²) >= 11 is 6.98. The van der Waals surface area contributed by atoms with E-state index in [1.165, 1.54) is 11.3 Å². The summed E-state index contributed by atoms with van der Waals surface area (Å²) in [6, 6.07) is 3.78. The fourth-order valence-corrected chi connectivity index (χ4v) is 3.28. The van der Waals surface area contributed by atoms with Crippen molar-refractivity contribution in [3.8, 4) is 0 Å². The number of ether oxygens (including phenoxy) is 1. The van der Waals surface area contributed by atoms with Crippen LogP contribution < -0.4 is 0 Å². The molecule has 102 valence electrons. The number of hydrogen-bond donors (Lipinski definition) is 0. The molecule has 1 aliphatic heterocycles. The molecule has 1 amide bonds. The molecule has 2 fully saturated rings. The number of carbonyl (C=O) groups excluding carboxylic acids is 2. The molecule has 1 aromatic heterocycles. The van der Waals surface area contributed by atoms with Gasteiger partial charge in [-0.15, -0.1) is 11.3 Å². The molecule has 1 saturated heterocycles. The molecule has 0 unspecified atom stereocenters. The number of amides is 1. The third-order valence-electron chi connectivity index (χ3n) is 3.45. The van der Waals surface area contributed by atoms with E-state index < -0.39 is 0 Å². The van der Waals surface area contributed by atoms with E-state index in [4.69, 9.17) is 16.3 Å². The Bertz CT molecular complexity index is 512. The quantitative estimate of drug-likeness (QED) is 0.803. The van der Waals surface area contributed by atoms with Gasteiger partial charge in [0.25, 0.3) is 0 Å². The molecular weight excluding hydrogens is 286 g/mol. The van der Waals surface area contributed by atoms with E-state index in [1.54, 1.807) is 12.1 Å². The average Bonchev–Trinajstić information content (AvgIpc) is 3.03. The van der Waals surface area contributed by atoms with Gasteiger partial charge in [0, 0.05) is 24.9 Å². The second-order valence-corrected chi connectivity index (χ2v) is 6.76. The van der Waals surface area contributed by atoms with Gasteiger partial charge in [-0.1, -0.05) is 11.6 Å². The van der Waals surface area contributed by atoms with Gasteiger partial charge in [-0.2, -0.15) is 0 Å². The van der Waals surface area contributed by atoms with Crippen molar-refractivity contribution in [2.24, 2.45) is 5.92 Å². The van der Waals surface area contributed by atoms with Gasteiger partial charge < -0.3 is 9.64 Å². The molecule has 1 atom stereocenters. The molecule has 0 aromatic carbocycles. The molecule has 4 nitrogen and oxygen atoms in total. The number of carbonyl (C=O) groups is 2. The van der Waals surface area contributed by atoms with Crippen molar-refractivity contribution in [1.29, 1.82) is 0 Å². The highest BCUT2D eigenvalue weighted by atomic mass is 35.5. The molecule has 3 rings (SSSR count). The van der Waals surface area contributed by atoms with Crippen LogP contribution in [0.5, 0.6) is 0 Å². The summed E-state index contributed by atoms with van der Waals surface area (Å²) in [5, 5.41) is 0. The number of nitrogens with zero attached hydrogens (tertiary/aromatic N) is 1. The Morgan fingerprint density at radius 1 is 1.47 bits per heavy atom. The highest BCUT2D eigenvalue weighted by molar-refractivity contribution is 7.17. The summed E-state index contributed by atoms with van der Waals surface area (Å²) in [5.41, 5.74) is 0. The number of halogens is 1. The van der Waals surface area contributed by atoms with Crippen LogP contribution >= 0.6 is 22.9 Å². The molecule has 1 aromatic rings. The fourth-order valence-electron chi connectivity index (χ4n) is 2.35. The molecule has 1 saturated carbocycles. The second-order valence-electron chi connectivity index (χ2n) is 5.05. The summed E-state index contributed by atoms with van der Waals surface area (Å²) < 4.78 is 5.83. The third-order valence-corrected chi connectivity index (χ3v) is 4.66. The molecule has 6 heteroatoms. The van der Waals surface area contributed by atoms with Crippen LogP contribution in [0.3, 0.4) is 0 Å². The van der Waals surface area contributed by atoms with E-state index in [1.807, 2.05) is 4.90 Å². The van der Waals surface area contributed by atoms with E-state index in [2.05, 4.69) is 0 Å². The molecule has 19 heavy (non-hydrogen) atoms.